The van der Waals surface area contributed by atoms with Gasteiger partial charge in [-0.2, -0.15) is 16.9 Å². The zero-order valence-corrected chi connectivity index (χ0v) is 12.3. The Balaban J connectivity index is 1.93. The quantitative estimate of drug-likeness (QED) is 0.862. The van der Waals surface area contributed by atoms with Crippen LogP contribution in [0.1, 0.15) is 44.8 Å². The molecule has 1 fully saturated rings. The van der Waals surface area contributed by atoms with Crippen LogP contribution < -0.4 is 5.73 Å². The molecule has 1 aliphatic rings. The number of aromatic nitrogens is 2. The maximum atomic E-state index is 6.30. The molecular formula is C14H25N3S. The maximum absolute atomic E-state index is 6.30. The van der Waals surface area contributed by atoms with Crippen LogP contribution in [0.15, 0.2) is 12.3 Å². The smallest absolute Gasteiger partial charge is 0.0640 e. The Hall–Kier alpha value is -0.480. The molecule has 0 radical (unpaired) electrons. The fourth-order valence-corrected chi connectivity index (χ4v) is 4.00. The number of rotatable bonds is 6. The summed E-state index contributed by atoms with van der Waals surface area (Å²) in [6.07, 6.45) is 6.60. The van der Waals surface area contributed by atoms with Crippen LogP contribution in [-0.4, -0.2) is 27.3 Å². The predicted octanol–water partition coefficient (Wildman–Crippen LogP) is 2.87. The van der Waals surface area contributed by atoms with Gasteiger partial charge < -0.3 is 5.73 Å². The minimum atomic E-state index is 0.282. The van der Waals surface area contributed by atoms with Gasteiger partial charge in [-0.3, -0.25) is 4.68 Å². The Morgan fingerprint density at radius 3 is 2.89 bits per heavy atom. The summed E-state index contributed by atoms with van der Waals surface area (Å²) < 4.78 is 2.12. The highest BCUT2D eigenvalue weighted by atomic mass is 32.2. The van der Waals surface area contributed by atoms with Crippen molar-refractivity contribution in [3.05, 3.63) is 18.0 Å². The van der Waals surface area contributed by atoms with Crippen molar-refractivity contribution in [1.29, 1.82) is 0 Å². The van der Waals surface area contributed by atoms with Gasteiger partial charge in [0.25, 0.3) is 0 Å². The summed E-state index contributed by atoms with van der Waals surface area (Å²) in [5.74, 6) is 3.20. The van der Waals surface area contributed by atoms with Crippen molar-refractivity contribution in [2.24, 2.45) is 11.7 Å². The second-order valence-electron chi connectivity index (χ2n) is 5.25. The van der Waals surface area contributed by atoms with E-state index in [1.165, 1.54) is 17.9 Å². The topological polar surface area (TPSA) is 43.8 Å². The average molecular weight is 267 g/mol. The second-order valence-corrected chi connectivity index (χ2v) is 6.40. The lowest BCUT2D eigenvalue weighted by Gasteiger charge is -2.17. The molecule has 2 N–H and O–H groups in total. The predicted molar refractivity (Wildman–Crippen MR) is 79.0 cm³/mol. The Labute approximate surface area is 115 Å². The molecule has 2 atom stereocenters. The highest BCUT2D eigenvalue weighted by Gasteiger charge is 2.23. The Morgan fingerprint density at radius 1 is 1.50 bits per heavy atom. The van der Waals surface area contributed by atoms with Crippen LogP contribution in [0.2, 0.25) is 0 Å². The van der Waals surface area contributed by atoms with Crippen LogP contribution in [0.3, 0.4) is 0 Å². The van der Waals surface area contributed by atoms with E-state index in [0.717, 1.165) is 25.0 Å². The molecule has 2 rings (SSSR count). The summed E-state index contributed by atoms with van der Waals surface area (Å²) in [6, 6.07) is 2.96. The number of nitrogens with two attached hydrogens (primary N) is 1. The van der Waals surface area contributed by atoms with Gasteiger partial charge in [0.05, 0.1) is 11.7 Å². The molecule has 0 aromatic carbocycles. The van der Waals surface area contributed by atoms with E-state index >= 15 is 0 Å². The Kier molecular flexibility index (Phi) is 5.13. The van der Waals surface area contributed by atoms with Crippen LogP contribution >= 0.6 is 11.8 Å². The molecule has 18 heavy (non-hydrogen) atoms. The third kappa shape index (κ3) is 3.29. The van der Waals surface area contributed by atoms with Crippen molar-refractivity contribution >= 4 is 11.8 Å². The van der Waals surface area contributed by atoms with E-state index in [9.17, 15) is 0 Å². The molecule has 102 valence electrons. The van der Waals surface area contributed by atoms with Gasteiger partial charge in [-0.05, 0) is 42.8 Å². The summed E-state index contributed by atoms with van der Waals surface area (Å²) in [5.41, 5.74) is 7.46. The van der Waals surface area contributed by atoms with Crippen molar-refractivity contribution in [3.8, 4) is 0 Å². The van der Waals surface area contributed by atoms with Gasteiger partial charge in [-0.1, -0.05) is 13.8 Å². The fraction of sp³-hybridized carbons (Fsp3) is 0.786. The summed E-state index contributed by atoms with van der Waals surface area (Å²) in [7, 11) is 0. The Morgan fingerprint density at radius 2 is 2.28 bits per heavy atom. The summed E-state index contributed by atoms with van der Waals surface area (Å²) >= 11 is 2.03. The number of hydrogen-bond acceptors (Lipinski definition) is 3. The maximum Gasteiger partial charge on any atom is 0.0640 e. The van der Waals surface area contributed by atoms with Crippen LogP contribution in [0.4, 0.5) is 0 Å². The lowest BCUT2D eigenvalue weighted by Crippen LogP contribution is -2.32. The monoisotopic (exact) mass is 267 g/mol. The molecule has 0 bridgehead atoms. The van der Waals surface area contributed by atoms with Gasteiger partial charge in [0, 0.05) is 18.7 Å². The average Bonchev–Trinajstić information content (AvgIpc) is 3.01. The van der Waals surface area contributed by atoms with Crippen LogP contribution in [0, 0.1) is 5.92 Å². The number of nitrogens with zero attached hydrogens (tertiary/aromatic N) is 2. The summed E-state index contributed by atoms with van der Waals surface area (Å²) in [4.78, 5) is 0. The van der Waals surface area contributed by atoms with Crippen molar-refractivity contribution < 1.29 is 0 Å². The van der Waals surface area contributed by atoms with Gasteiger partial charge >= 0.3 is 0 Å². The molecule has 1 saturated heterocycles. The second kappa shape index (κ2) is 6.62. The standard InChI is InChI=1S/C14H25N3S/c1-3-13(4-2)17-7-5-12(16-17)9-14(15)11-6-8-18-10-11/h5,7,11,13-14H,3-4,6,8-10,15H2,1-2H3. The van der Waals surface area contributed by atoms with Crippen LogP contribution in [0.25, 0.3) is 0 Å². The molecular weight excluding hydrogens is 242 g/mol. The highest BCUT2D eigenvalue weighted by molar-refractivity contribution is 7.99. The SMILES string of the molecule is CCC(CC)n1ccc(CC(N)C2CCSC2)n1. The largest absolute Gasteiger partial charge is 0.327 e. The molecule has 2 unspecified atom stereocenters. The van der Waals surface area contributed by atoms with E-state index in [-0.39, 0.29) is 6.04 Å². The first-order valence-corrected chi connectivity index (χ1v) is 8.27. The zero-order chi connectivity index (χ0) is 13.0. The van der Waals surface area contributed by atoms with Crippen molar-refractivity contribution in [2.45, 2.75) is 51.6 Å². The first-order chi connectivity index (χ1) is 8.74. The highest BCUT2D eigenvalue weighted by Crippen LogP contribution is 2.26. The van der Waals surface area contributed by atoms with Crippen LogP contribution in [-0.2, 0) is 6.42 Å². The number of thioether (sulfide) groups is 1. The lowest BCUT2D eigenvalue weighted by atomic mass is 9.96. The minimum absolute atomic E-state index is 0.282. The van der Waals surface area contributed by atoms with E-state index in [1.807, 2.05) is 11.8 Å². The third-order valence-corrected chi connectivity index (χ3v) is 5.18. The first kappa shape index (κ1) is 13.9. The zero-order valence-electron chi connectivity index (χ0n) is 11.5. The minimum Gasteiger partial charge on any atom is -0.327 e. The molecule has 3 nitrogen and oxygen atoms in total. The normalized spacial score (nSPS) is 21.7. The number of hydrogen-bond donors (Lipinski definition) is 1. The van der Waals surface area contributed by atoms with Crippen LogP contribution in [0.5, 0.6) is 0 Å². The summed E-state index contributed by atoms with van der Waals surface area (Å²) in [5, 5.41) is 4.69. The van der Waals surface area contributed by atoms with Gasteiger partial charge in [0.1, 0.15) is 0 Å². The van der Waals surface area contributed by atoms with Crippen molar-refractivity contribution in [2.75, 3.05) is 11.5 Å². The molecule has 2 heterocycles. The van der Waals surface area contributed by atoms with Gasteiger partial charge in [-0.15, -0.1) is 0 Å². The third-order valence-electron chi connectivity index (χ3n) is 4.00. The molecule has 0 spiro atoms. The molecule has 4 heteroatoms. The molecule has 1 aliphatic heterocycles. The fourth-order valence-electron chi connectivity index (χ4n) is 2.65. The van der Waals surface area contributed by atoms with E-state index in [4.69, 9.17) is 10.8 Å². The molecule has 0 saturated carbocycles. The van der Waals surface area contributed by atoms with Gasteiger partial charge in [0.15, 0.2) is 0 Å². The summed E-state index contributed by atoms with van der Waals surface area (Å²) in [6.45, 7) is 4.44. The Bertz CT molecular complexity index is 354. The lowest BCUT2D eigenvalue weighted by molar-refractivity contribution is 0.417. The van der Waals surface area contributed by atoms with Crippen molar-refractivity contribution in [3.63, 3.8) is 0 Å². The first-order valence-electron chi connectivity index (χ1n) is 7.12. The van der Waals surface area contributed by atoms with E-state index < -0.39 is 0 Å². The molecule has 1 aromatic rings. The molecule has 0 aliphatic carbocycles. The van der Waals surface area contributed by atoms with E-state index in [2.05, 4.69) is 30.8 Å². The van der Waals surface area contributed by atoms with Gasteiger partial charge in [-0.25, -0.2) is 0 Å². The van der Waals surface area contributed by atoms with Gasteiger partial charge in [0.2, 0.25) is 0 Å². The van der Waals surface area contributed by atoms with E-state index in [0.29, 0.717) is 12.0 Å². The molecule has 1 aromatic heterocycles. The van der Waals surface area contributed by atoms with E-state index in [1.54, 1.807) is 0 Å². The molecule has 0 amide bonds. The van der Waals surface area contributed by atoms with Crippen molar-refractivity contribution in [1.82, 2.24) is 9.78 Å².